The van der Waals surface area contributed by atoms with Crippen molar-refractivity contribution in [1.82, 2.24) is 24.7 Å². The molecule has 0 bridgehead atoms. The summed E-state index contributed by atoms with van der Waals surface area (Å²) < 4.78 is 1.30. The number of hydrogen-bond donors (Lipinski definition) is 2. The van der Waals surface area contributed by atoms with Gasteiger partial charge in [-0.15, -0.1) is 0 Å². The summed E-state index contributed by atoms with van der Waals surface area (Å²) in [6, 6.07) is 7.08. The predicted molar refractivity (Wildman–Crippen MR) is 118 cm³/mol. The van der Waals surface area contributed by atoms with Gasteiger partial charge in [-0.3, -0.25) is 19.4 Å². The molecule has 0 fully saturated rings. The molecule has 0 saturated heterocycles. The number of fused-ring (bicyclic) bond motifs is 2. The van der Waals surface area contributed by atoms with Gasteiger partial charge in [-0.1, -0.05) is 18.2 Å². The number of rotatable bonds is 3. The standard InChI is InChI=1S/C23H21N5O2/c1-13-10-16(8-9-24-13)21-17-11-18-19(12-20(17)26-27-21)25-23(30)28(22(18)29)14(2)15-6-4-3-5-7-15/h4,6-12,14H,3,5H2,1-2H3,(H,25,30)(H,26,27). The molecule has 1 aliphatic rings. The lowest BCUT2D eigenvalue weighted by molar-refractivity contribution is 0.580. The molecule has 3 aromatic heterocycles. The summed E-state index contributed by atoms with van der Waals surface area (Å²) in [4.78, 5) is 33.2. The zero-order valence-electron chi connectivity index (χ0n) is 16.8. The number of H-pyrrole nitrogens is 2. The molecule has 0 amide bonds. The van der Waals surface area contributed by atoms with Gasteiger partial charge < -0.3 is 4.98 Å². The average Bonchev–Trinajstić information content (AvgIpc) is 3.16. The highest BCUT2D eigenvalue weighted by Crippen LogP contribution is 2.28. The Morgan fingerprint density at radius 2 is 1.97 bits per heavy atom. The predicted octanol–water partition coefficient (Wildman–Crippen LogP) is 3.77. The van der Waals surface area contributed by atoms with E-state index in [-0.39, 0.29) is 11.6 Å². The molecular weight excluding hydrogens is 378 g/mol. The first-order chi connectivity index (χ1) is 14.5. The Morgan fingerprint density at radius 3 is 2.73 bits per heavy atom. The Balaban J connectivity index is 1.74. The molecule has 4 aromatic rings. The quantitative estimate of drug-likeness (QED) is 0.548. The second kappa shape index (κ2) is 6.95. The number of allylic oxidation sites excluding steroid dienone is 4. The van der Waals surface area contributed by atoms with Crippen LogP contribution in [0.1, 0.15) is 31.5 Å². The van der Waals surface area contributed by atoms with Gasteiger partial charge in [0, 0.05) is 22.8 Å². The minimum atomic E-state index is -0.413. The monoisotopic (exact) mass is 399 g/mol. The van der Waals surface area contributed by atoms with E-state index < -0.39 is 5.69 Å². The SMILES string of the molecule is Cc1cc(-c2n[nH]c3cc4[nH]c(=O)n(C(C)C5=CCCC=C5)c(=O)c4cc23)ccn1. The zero-order chi connectivity index (χ0) is 20.8. The number of aryl methyl sites for hydroxylation is 1. The Hall–Kier alpha value is -3.74. The van der Waals surface area contributed by atoms with Crippen molar-refractivity contribution in [2.45, 2.75) is 32.7 Å². The number of pyridine rings is 1. The third kappa shape index (κ3) is 2.90. The molecule has 0 spiro atoms. The zero-order valence-corrected chi connectivity index (χ0v) is 16.8. The minimum absolute atomic E-state index is 0.305. The first-order valence-electron chi connectivity index (χ1n) is 9.99. The number of nitrogens with one attached hydrogen (secondary N) is 2. The highest BCUT2D eigenvalue weighted by atomic mass is 16.2. The van der Waals surface area contributed by atoms with Crippen LogP contribution >= 0.6 is 0 Å². The first kappa shape index (κ1) is 18.3. The summed E-state index contributed by atoms with van der Waals surface area (Å²) in [5.41, 5.74) is 4.07. The normalized spacial score (nSPS) is 14.9. The van der Waals surface area contributed by atoms with E-state index in [1.54, 1.807) is 12.3 Å². The van der Waals surface area contributed by atoms with E-state index in [2.05, 4.69) is 32.3 Å². The van der Waals surface area contributed by atoms with Gasteiger partial charge in [0.2, 0.25) is 0 Å². The van der Waals surface area contributed by atoms with Crippen LogP contribution in [0.15, 0.2) is 63.9 Å². The third-order valence-electron chi connectivity index (χ3n) is 5.67. The molecule has 1 atom stereocenters. The van der Waals surface area contributed by atoms with Crippen LogP contribution in [0.4, 0.5) is 0 Å². The second-order valence-electron chi connectivity index (χ2n) is 7.67. The number of aromatic nitrogens is 5. The van der Waals surface area contributed by atoms with Crippen molar-refractivity contribution >= 4 is 21.8 Å². The summed E-state index contributed by atoms with van der Waals surface area (Å²) >= 11 is 0. The molecule has 0 saturated carbocycles. The van der Waals surface area contributed by atoms with E-state index in [0.29, 0.717) is 10.9 Å². The van der Waals surface area contributed by atoms with Gasteiger partial charge >= 0.3 is 5.69 Å². The first-order valence-corrected chi connectivity index (χ1v) is 9.99. The van der Waals surface area contributed by atoms with Crippen molar-refractivity contribution in [2.75, 3.05) is 0 Å². The lowest BCUT2D eigenvalue weighted by Gasteiger charge is -2.18. The highest BCUT2D eigenvalue weighted by molar-refractivity contribution is 6.01. The molecule has 30 heavy (non-hydrogen) atoms. The molecule has 1 unspecified atom stereocenters. The van der Waals surface area contributed by atoms with E-state index in [0.717, 1.165) is 46.3 Å². The van der Waals surface area contributed by atoms with Gasteiger partial charge in [-0.2, -0.15) is 5.10 Å². The van der Waals surface area contributed by atoms with Crippen molar-refractivity contribution in [2.24, 2.45) is 0 Å². The molecule has 150 valence electrons. The van der Waals surface area contributed by atoms with E-state index in [4.69, 9.17) is 0 Å². The van der Waals surface area contributed by atoms with Gasteiger partial charge in [0.1, 0.15) is 5.69 Å². The fraction of sp³-hybridized carbons (Fsp3) is 0.217. The van der Waals surface area contributed by atoms with Gasteiger partial charge in [-0.05, 0) is 56.5 Å². The van der Waals surface area contributed by atoms with Gasteiger partial charge in [0.05, 0.1) is 22.5 Å². The van der Waals surface area contributed by atoms with Crippen LogP contribution < -0.4 is 11.2 Å². The molecule has 3 heterocycles. The molecular formula is C23H21N5O2. The molecule has 2 N–H and O–H groups in total. The van der Waals surface area contributed by atoms with Gasteiger partial charge in [-0.25, -0.2) is 4.79 Å². The lowest BCUT2D eigenvalue weighted by Crippen LogP contribution is -2.37. The maximum absolute atomic E-state index is 13.4. The smallest absolute Gasteiger partial charge is 0.307 e. The van der Waals surface area contributed by atoms with Crippen LogP contribution in [0, 0.1) is 6.92 Å². The largest absolute Gasteiger partial charge is 0.329 e. The number of aromatic amines is 2. The van der Waals surface area contributed by atoms with E-state index >= 15 is 0 Å². The van der Waals surface area contributed by atoms with E-state index in [1.165, 1.54) is 4.57 Å². The Morgan fingerprint density at radius 1 is 1.10 bits per heavy atom. The number of hydrogen-bond acceptors (Lipinski definition) is 4. The van der Waals surface area contributed by atoms with Crippen LogP contribution in [0.5, 0.6) is 0 Å². The Labute approximate surface area is 171 Å². The molecule has 7 heteroatoms. The van der Waals surface area contributed by atoms with Gasteiger partial charge in [0.15, 0.2) is 0 Å². The number of benzene rings is 1. The summed E-state index contributed by atoms with van der Waals surface area (Å²) in [6.07, 6.45) is 9.79. The highest BCUT2D eigenvalue weighted by Gasteiger charge is 2.18. The van der Waals surface area contributed by atoms with Crippen LogP contribution in [-0.4, -0.2) is 24.7 Å². The van der Waals surface area contributed by atoms with E-state index in [9.17, 15) is 9.59 Å². The van der Waals surface area contributed by atoms with Crippen molar-refractivity contribution in [3.05, 3.63) is 80.8 Å². The maximum atomic E-state index is 13.4. The average molecular weight is 399 g/mol. The Bertz CT molecular complexity index is 1470. The summed E-state index contributed by atoms with van der Waals surface area (Å²) in [7, 11) is 0. The van der Waals surface area contributed by atoms with Crippen molar-refractivity contribution < 1.29 is 0 Å². The summed E-state index contributed by atoms with van der Waals surface area (Å²) in [6.45, 7) is 3.80. The topological polar surface area (TPSA) is 96.4 Å². The molecule has 1 aliphatic carbocycles. The maximum Gasteiger partial charge on any atom is 0.329 e. The van der Waals surface area contributed by atoms with Crippen LogP contribution in [0.2, 0.25) is 0 Å². The molecule has 0 aliphatic heterocycles. The molecule has 5 rings (SSSR count). The molecule has 0 radical (unpaired) electrons. The summed E-state index contributed by atoms with van der Waals surface area (Å²) in [5, 5.41) is 8.74. The van der Waals surface area contributed by atoms with Gasteiger partial charge in [0.25, 0.3) is 5.56 Å². The number of nitrogens with zero attached hydrogens (tertiary/aromatic N) is 3. The van der Waals surface area contributed by atoms with E-state index in [1.807, 2.05) is 38.1 Å². The van der Waals surface area contributed by atoms with Crippen molar-refractivity contribution in [3.63, 3.8) is 0 Å². The molecule has 1 aromatic carbocycles. The fourth-order valence-corrected chi connectivity index (χ4v) is 4.10. The van der Waals surface area contributed by atoms with Crippen molar-refractivity contribution in [1.29, 1.82) is 0 Å². The fourth-order valence-electron chi connectivity index (χ4n) is 4.10. The Kier molecular flexibility index (Phi) is 4.24. The third-order valence-corrected chi connectivity index (χ3v) is 5.67. The minimum Gasteiger partial charge on any atom is -0.307 e. The second-order valence-corrected chi connectivity index (χ2v) is 7.67. The van der Waals surface area contributed by atoms with Crippen LogP contribution in [0.25, 0.3) is 33.1 Å². The lowest BCUT2D eigenvalue weighted by atomic mass is 10.0. The summed E-state index contributed by atoms with van der Waals surface area (Å²) in [5.74, 6) is 0. The van der Waals surface area contributed by atoms with Crippen LogP contribution in [0.3, 0.4) is 0 Å². The molecule has 7 nitrogen and oxygen atoms in total. The van der Waals surface area contributed by atoms with Crippen LogP contribution in [-0.2, 0) is 0 Å². The van der Waals surface area contributed by atoms with Crippen molar-refractivity contribution in [3.8, 4) is 11.3 Å².